The average Bonchev–Trinajstić information content (AvgIpc) is 2.60. The molecule has 154 valence electrons. The van der Waals surface area contributed by atoms with E-state index >= 15 is 0 Å². The third kappa shape index (κ3) is 10.8. The zero-order valence-corrected chi connectivity index (χ0v) is 17.2. The lowest BCUT2D eigenvalue weighted by atomic mass is 9.78. The van der Waals surface area contributed by atoms with Crippen LogP contribution in [0.15, 0.2) is 0 Å². The first-order valence-electron chi connectivity index (χ1n) is 11.0. The fraction of sp³-hybridized carbons (Fsp3) is 0.909. The van der Waals surface area contributed by atoms with Crippen molar-refractivity contribution < 1.29 is 19.8 Å². The molecule has 26 heavy (non-hydrogen) atoms. The number of carbonyl (C=O) groups is 2. The van der Waals surface area contributed by atoms with Crippen LogP contribution >= 0.6 is 0 Å². The molecule has 4 heteroatoms. The zero-order valence-electron chi connectivity index (χ0n) is 17.2. The van der Waals surface area contributed by atoms with Crippen LogP contribution in [-0.4, -0.2) is 22.2 Å². The van der Waals surface area contributed by atoms with E-state index in [9.17, 15) is 19.8 Å². The van der Waals surface area contributed by atoms with Gasteiger partial charge in [0.25, 0.3) is 0 Å². The molecule has 0 aliphatic carbocycles. The molecule has 0 saturated heterocycles. The minimum atomic E-state index is -1.58. The molecule has 2 N–H and O–H groups in total. The summed E-state index contributed by atoms with van der Waals surface area (Å²) < 4.78 is 0. The number of rotatable bonds is 19. The van der Waals surface area contributed by atoms with Crippen LogP contribution in [0.3, 0.4) is 0 Å². The molecule has 0 aromatic heterocycles. The minimum Gasteiger partial charge on any atom is -0.480 e. The second-order valence-corrected chi connectivity index (χ2v) is 7.79. The molecule has 0 heterocycles. The fourth-order valence-corrected chi connectivity index (χ4v) is 3.59. The Kier molecular flexibility index (Phi) is 15.5. The maximum Gasteiger partial charge on any atom is 0.321 e. The van der Waals surface area contributed by atoms with Gasteiger partial charge in [0.2, 0.25) is 0 Å². The molecule has 0 aromatic carbocycles. The number of carboxylic acids is 2. The van der Waals surface area contributed by atoms with E-state index in [-0.39, 0.29) is 12.8 Å². The summed E-state index contributed by atoms with van der Waals surface area (Å²) in [6, 6.07) is 0. The van der Waals surface area contributed by atoms with Crippen molar-refractivity contribution in [3.05, 3.63) is 0 Å². The third-order valence-electron chi connectivity index (χ3n) is 5.48. The van der Waals surface area contributed by atoms with Crippen molar-refractivity contribution in [2.45, 2.75) is 123 Å². The van der Waals surface area contributed by atoms with Gasteiger partial charge >= 0.3 is 11.9 Å². The summed E-state index contributed by atoms with van der Waals surface area (Å²) in [6.07, 6.45) is 17.1. The number of hydrogen-bond acceptors (Lipinski definition) is 2. The van der Waals surface area contributed by atoms with Crippen molar-refractivity contribution in [1.82, 2.24) is 0 Å². The standard InChI is InChI=1S/C22H42O4/c1-3-5-7-9-10-11-12-13-15-17-19-22(20(23)24,21(25)26)18-16-14-8-6-4-2/h3-19H2,1-2H3,(H,23,24)(H,25,26). The highest BCUT2D eigenvalue weighted by Crippen LogP contribution is 2.33. The van der Waals surface area contributed by atoms with E-state index in [0.717, 1.165) is 38.5 Å². The number of hydrogen-bond donors (Lipinski definition) is 2. The van der Waals surface area contributed by atoms with Crippen molar-refractivity contribution in [2.24, 2.45) is 5.41 Å². The van der Waals surface area contributed by atoms with Crippen LogP contribution in [0.5, 0.6) is 0 Å². The highest BCUT2D eigenvalue weighted by molar-refractivity contribution is 5.98. The first-order valence-corrected chi connectivity index (χ1v) is 11.0. The lowest BCUT2D eigenvalue weighted by molar-refractivity contribution is -0.166. The third-order valence-corrected chi connectivity index (χ3v) is 5.48. The van der Waals surface area contributed by atoms with E-state index in [1.54, 1.807) is 0 Å². The summed E-state index contributed by atoms with van der Waals surface area (Å²) in [7, 11) is 0. The van der Waals surface area contributed by atoms with E-state index in [0.29, 0.717) is 12.8 Å². The molecule has 0 aliphatic rings. The van der Waals surface area contributed by atoms with Gasteiger partial charge in [-0.2, -0.15) is 0 Å². The van der Waals surface area contributed by atoms with Gasteiger partial charge in [0.1, 0.15) is 0 Å². The molecule has 0 unspecified atom stereocenters. The van der Waals surface area contributed by atoms with Gasteiger partial charge in [0.15, 0.2) is 5.41 Å². The highest BCUT2D eigenvalue weighted by atomic mass is 16.4. The van der Waals surface area contributed by atoms with Crippen LogP contribution in [-0.2, 0) is 9.59 Å². The quantitative estimate of drug-likeness (QED) is 0.193. The van der Waals surface area contributed by atoms with Crippen LogP contribution in [0.4, 0.5) is 0 Å². The molecular weight excluding hydrogens is 328 g/mol. The molecule has 0 amide bonds. The first-order chi connectivity index (χ1) is 12.5. The molecular formula is C22H42O4. The van der Waals surface area contributed by atoms with Gasteiger partial charge < -0.3 is 10.2 Å². The average molecular weight is 371 g/mol. The van der Waals surface area contributed by atoms with Crippen LogP contribution in [0.25, 0.3) is 0 Å². The second kappa shape index (κ2) is 16.1. The Labute approximate surface area is 160 Å². The second-order valence-electron chi connectivity index (χ2n) is 7.79. The molecule has 0 aromatic rings. The van der Waals surface area contributed by atoms with E-state index in [2.05, 4.69) is 13.8 Å². The molecule has 4 nitrogen and oxygen atoms in total. The molecule has 0 saturated carbocycles. The van der Waals surface area contributed by atoms with Crippen LogP contribution in [0.2, 0.25) is 0 Å². The fourth-order valence-electron chi connectivity index (χ4n) is 3.59. The molecule has 0 fully saturated rings. The van der Waals surface area contributed by atoms with Crippen LogP contribution in [0.1, 0.15) is 123 Å². The van der Waals surface area contributed by atoms with Crippen molar-refractivity contribution in [2.75, 3.05) is 0 Å². The largest absolute Gasteiger partial charge is 0.480 e. The predicted octanol–water partition coefficient (Wildman–Crippen LogP) is 6.81. The molecule has 0 spiro atoms. The van der Waals surface area contributed by atoms with Gasteiger partial charge in [-0.05, 0) is 12.8 Å². The Balaban J connectivity index is 4.08. The zero-order chi connectivity index (χ0) is 19.7. The van der Waals surface area contributed by atoms with Gasteiger partial charge in [-0.3, -0.25) is 9.59 Å². The Bertz CT molecular complexity index is 351. The summed E-state index contributed by atoms with van der Waals surface area (Å²) in [5.74, 6) is -2.31. The molecule has 0 rings (SSSR count). The van der Waals surface area contributed by atoms with Gasteiger partial charge in [-0.1, -0.05) is 110 Å². The maximum atomic E-state index is 11.7. The van der Waals surface area contributed by atoms with Crippen molar-refractivity contribution in [3.8, 4) is 0 Å². The van der Waals surface area contributed by atoms with Crippen LogP contribution < -0.4 is 0 Å². The predicted molar refractivity (Wildman–Crippen MR) is 108 cm³/mol. The van der Waals surface area contributed by atoms with E-state index in [1.807, 2.05) is 0 Å². The van der Waals surface area contributed by atoms with Gasteiger partial charge in [-0.25, -0.2) is 0 Å². The topological polar surface area (TPSA) is 74.6 Å². The SMILES string of the molecule is CCCCCCCCCCCCC(CCCCCCC)(C(=O)O)C(=O)O. The Morgan fingerprint density at radius 3 is 1.08 bits per heavy atom. The minimum absolute atomic E-state index is 0.263. The smallest absolute Gasteiger partial charge is 0.321 e. The monoisotopic (exact) mass is 370 g/mol. The van der Waals surface area contributed by atoms with Crippen molar-refractivity contribution in [1.29, 1.82) is 0 Å². The van der Waals surface area contributed by atoms with E-state index < -0.39 is 17.4 Å². The highest BCUT2D eigenvalue weighted by Gasteiger charge is 2.45. The van der Waals surface area contributed by atoms with Crippen molar-refractivity contribution in [3.63, 3.8) is 0 Å². The maximum absolute atomic E-state index is 11.7. The molecule has 0 aliphatic heterocycles. The summed E-state index contributed by atoms with van der Waals surface area (Å²) in [5.41, 5.74) is -1.58. The van der Waals surface area contributed by atoms with E-state index in [4.69, 9.17) is 0 Å². The Morgan fingerprint density at radius 2 is 0.808 bits per heavy atom. The normalized spacial score (nSPS) is 11.6. The Hall–Kier alpha value is -1.06. The summed E-state index contributed by atoms with van der Waals surface area (Å²) in [4.78, 5) is 23.4. The molecule has 0 radical (unpaired) electrons. The van der Waals surface area contributed by atoms with Gasteiger partial charge in [0, 0.05) is 0 Å². The summed E-state index contributed by atoms with van der Waals surface area (Å²) in [6.45, 7) is 4.35. The van der Waals surface area contributed by atoms with Gasteiger partial charge in [-0.15, -0.1) is 0 Å². The van der Waals surface area contributed by atoms with Gasteiger partial charge in [0.05, 0.1) is 0 Å². The molecule has 0 bridgehead atoms. The summed E-state index contributed by atoms with van der Waals surface area (Å²) in [5, 5.41) is 19.1. The number of aliphatic carboxylic acids is 2. The molecule has 0 atom stereocenters. The first kappa shape index (κ1) is 24.9. The lowest BCUT2D eigenvalue weighted by Crippen LogP contribution is -2.39. The lowest BCUT2D eigenvalue weighted by Gasteiger charge is -2.25. The summed E-state index contributed by atoms with van der Waals surface area (Å²) >= 11 is 0. The number of unbranched alkanes of at least 4 members (excludes halogenated alkanes) is 13. The Morgan fingerprint density at radius 1 is 0.538 bits per heavy atom. The van der Waals surface area contributed by atoms with Crippen LogP contribution in [0, 0.1) is 5.41 Å². The van der Waals surface area contributed by atoms with E-state index in [1.165, 1.54) is 44.9 Å². The van der Waals surface area contributed by atoms with Crippen molar-refractivity contribution >= 4 is 11.9 Å². The number of carboxylic acid groups (broad SMARTS) is 2.